The van der Waals surface area contributed by atoms with E-state index in [-0.39, 0.29) is 42.7 Å². The standard InChI is InChI=1S/C24H22FN3O6S/c25-18-10-8-17(9-11-18)23(30)27-12-14-28(15-13-27)24(31)22(26-21(29)20-7-4-16-34-20)35(32,33)19-5-2-1-3-6-19/h1-11,16,22H,12-15H2,(H,26,29)/t22-/m0/s1. The Morgan fingerprint density at radius 3 is 2.09 bits per heavy atom. The summed E-state index contributed by atoms with van der Waals surface area (Å²) >= 11 is 0. The Labute approximate surface area is 201 Å². The summed E-state index contributed by atoms with van der Waals surface area (Å²) in [4.78, 5) is 41.3. The van der Waals surface area contributed by atoms with Crippen molar-refractivity contribution in [2.24, 2.45) is 0 Å². The maximum atomic E-state index is 13.4. The number of benzene rings is 2. The molecule has 1 aliphatic rings. The molecule has 1 aromatic heterocycles. The van der Waals surface area contributed by atoms with Crippen LogP contribution in [0.1, 0.15) is 20.9 Å². The second-order valence-electron chi connectivity index (χ2n) is 7.81. The summed E-state index contributed by atoms with van der Waals surface area (Å²) in [6.45, 7) is 0.408. The van der Waals surface area contributed by atoms with Crippen LogP contribution < -0.4 is 5.32 Å². The van der Waals surface area contributed by atoms with Gasteiger partial charge in [0.05, 0.1) is 11.2 Å². The monoisotopic (exact) mass is 499 g/mol. The third kappa shape index (κ3) is 5.24. The quantitative estimate of drug-likeness (QED) is 0.554. The third-order valence-corrected chi connectivity index (χ3v) is 7.45. The molecule has 2 heterocycles. The Morgan fingerprint density at radius 1 is 0.857 bits per heavy atom. The first kappa shape index (κ1) is 24.1. The van der Waals surface area contributed by atoms with E-state index >= 15 is 0 Å². The number of hydrogen-bond acceptors (Lipinski definition) is 6. The topological polar surface area (TPSA) is 117 Å². The molecule has 0 spiro atoms. The lowest BCUT2D eigenvalue weighted by Gasteiger charge is -2.36. The van der Waals surface area contributed by atoms with E-state index in [0.29, 0.717) is 5.56 Å². The van der Waals surface area contributed by atoms with Crippen molar-refractivity contribution in [1.29, 1.82) is 0 Å². The van der Waals surface area contributed by atoms with Gasteiger partial charge >= 0.3 is 0 Å². The molecule has 3 amide bonds. The zero-order valence-electron chi connectivity index (χ0n) is 18.5. The minimum Gasteiger partial charge on any atom is -0.459 e. The van der Waals surface area contributed by atoms with Crippen LogP contribution in [0.5, 0.6) is 0 Å². The number of piperazine rings is 1. The Bertz CT molecular complexity index is 1300. The maximum Gasteiger partial charge on any atom is 0.288 e. The molecule has 1 atom stereocenters. The molecule has 4 rings (SSSR count). The summed E-state index contributed by atoms with van der Waals surface area (Å²) in [7, 11) is -4.29. The molecule has 3 aromatic rings. The van der Waals surface area contributed by atoms with Gasteiger partial charge in [-0.25, -0.2) is 12.8 Å². The van der Waals surface area contributed by atoms with Crippen molar-refractivity contribution in [1.82, 2.24) is 15.1 Å². The lowest BCUT2D eigenvalue weighted by atomic mass is 10.1. The highest BCUT2D eigenvalue weighted by molar-refractivity contribution is 7.92. The van der Waals surface area contributed by atoms with E-state index in [0.717, 1.165) is 0 Å². The largest absolute Gasteiger partial charge is 0.459 e. The van der Waals surface area contributed by atoms with Crippen molar-refractivity contribution in [2.45, 2.75) is 10.3 Å². The predicted molar refractivity (Wildman–Crippen MR) is 122 cm³/mol. The van der Waals surface area contributed by atoms with E-state index in [2.05, 4.69) is 5.32 Å². The van der Waals surface area contributed by atoms with Crippen LogP contribution in [0.3, 0.4) is 0 Å². The van der Waals surface area contributed by atoms with Crippen LogP contribution in [0, 0.1) is 5.82 Å². The van der Waals surface area contributed by atoms with E-state index in [4.69, 9.17) is 4.42 Å². The van der Waals surface area contributed by atoms with E-state index in [1.807, 2.05) is 0 Å². The Morgan fingerprint density at radius 2 is 1.49 bits per heavy atom. The molecule has 1 aliphatic heterocycles. The molecule has 9 nitrogen and oxygen atoms in total. The van der Waals surface area contributed by atoms with Crippen molar-refractivity contribution in [3.8, 4) is 0 Å². The van der Waals surface area contributed by atoms with Crippen LogP contribution in [0.25, 0.3) is 0 Å². The molecular weight excluding hydrogens is 477 g/mol. The van der Waals surface area contributed by atoms with Crippen molar-refractivity contribution >= 4 is 27.6 Å². The number of sulfone groups is 1. The van der Waals surface area contributed by atoms with E-state index in [1.54, 1.807) is 6.07 Å². The van der Waals surface area contributed by atoms with E-state index in [9.17, 15) is 27.2 Å². The van der Waals surface area contributed by atoms with Crippen molar-refractivity contribution in [3.05, 3.63) is 90.1 Å². The number of carbonyl (C=O) groups is 3. The summed E-state index contributed by atoms with van der Waals surface area (Å²) in [5, 5.41) is 0.405. The van der Waals surface area contributed by atoms with Gasteiger partial charge in [0.15, 0.2) is 5.76 Å². The summed E-state index contributed by atoms with van der Waals surface area (Å²) in [6, 6.07) is 15.3. The number of rotatable bonds is 6. The molecule has 1 saturated heterocycles. The normalized spacial score (nSPS) is 14.9. The third-order valence-electron chi connectivity index (χ3n) is 5.58. The zero-order valence-corrected chi connectivity index (χ0v) is 19.3. The molecule has 0 saturated carbocycles. The summed E-state index contributed by atoms with van der Waals surface area (Å²) in [6.07, 6.45) is 1.26. The van der Waals surface area contributed by atoms with Gasteiger partial charge in [-0.1, -0.05) is 18.2 Å². The van der Waals surface area contributed by atoms with Crippen LogP contribution in [0.4, 0.5) is 4.39 Å². The number of amides is 3. The minimum absolute atomic E-state index is 0.0587. The van der Waals surface area contributed by atoms with Gasteiger partial charge < -0.3 is 19.5 Å². The van der Waals surface area contributed by atoms with Crippen LogP contribution >= 0.6 is 0 Å². The molecule has 11 heteroatoms. The van der Waals surface area contributed by atoms with Gasteiger partial charge in [-0.3, -0.25) is 14.4 Å². The van der Waals surface area contributed by atoms with Crippen LogP contribution in [-0.4, -0.2) is 67.5 Å². The van der Waals surface area contributed by atoms with Gasteiger partial charge in [-0.2, -0.15) is 0 Å². The van der Waals surface area contributed by atoms with Gasteiger partial charge in [0.1, 0.15) is 5.82 Å². The maximum absolute atomic E-state index is 13.4. The number of furan rings is 1. The Kier molecular flexibility index (Phi) is 6.97. The average Bonchev–Trinajstić information content (AvgIpc) is 3.43. The zero-order chi connectivity index (χ0) is 25.0. The number of nitrogens with zero attached hydrogens (tertiary/aromatic N) is 2. The van der Waals surface area contributed by atoms with Gasteiger partial charge in [0.25, 0.3) is 17.7 Å². The van der Waals surface area contributed by atoms with Crippen molar-refractivity contribution in [3.63, 3.8) is 0 Å². The lowest BCUT2D eigenvalue weighted by Crippen LogP contribution is -2.57. The SMILES string of the molecule is O=C(N[C@H](C(=O)N1CCN(C(=O)c2ccc(F)cc2)CC1)S(=O)(=O)c1ccccc1)c1ccco1. The Balaban J connectivity index is 1.52. The van der Waals surface area contributed by atoms with E-state index < -0.39 is 32.8 Å². The van der Waals surface area contributed by atoms with Crippen LogP contribution in [0.15, 0.2) is 82.3 Å². The van der Waals surface area contributed by atoms with Gasteiger partial charge in [0.2, 0.25) is 15.2 Å². The molecule has 182 valence electrons. The summed E-state index contributed by atoms with van der Waals surface area (Å²) in [5.74, 6) is -2.59. The molecule has 0 unspecified atom stereocenters. The number of nitrogens with one attached hydrogen (secondary N) is 1. The van der Waals surface area contributed by atoms with E-state index in [1.165, 1.54) is 76.7 Å². The van der Waals surface area contributed by atoms with Crippen molar-refractivity contribution in [2.75, 3.05) is 26.2 Å². The molecule has 1 fully saturated rings. The number of carbonyl (C=O) groups excluding carboxylic acids is 3. The first-order valence-corrected chi connectivity index (χ1v) is 12.3. The highest BCUT2D eigenvalue weighted by Crippen LogP contribution is 2.19. The fourth-order valence-corrected chi connectivity index (χ4v) is 5.17. The molecule has 0 bridgehead atoms. The fourth-order valence-electron chi connectivity index (χ4n) is 3.69. The minimum atomic E-state index is -4.29. The van der Waals surface area contributed by atoms with Crippen molar-refractivity contribution < 1.29 is 31.6 Å². The average molecular weight is 500 g/mol. The number of hydrogen-bond donors (Lipinski definition) is 1. The molecule has 2 aromatic carbocycles. The molecule has 1 N–H and O–H groups in total. The first-order chi connectivity index (χ1) is 16.8. The highest BCUT2D eigenvalue weighted by Gasteiger charge is 2.40. The molecule has 0 aliphatic carbocycles. The fraction of sp³-hybridized carbons (Fsp3) is 0.208. The van der Waals surface area contributed by atoms with Crippen LogP contribution in [-0.2, 0) is 14.6 Å². The summed E-state index contributed by atoms with van der Waals surface area (Å²) in [5.41, 5.74) is 0.307. The van der Waals surface area contributed by atoms with Gasteiger partial charge in [-0.05, 0) is 48.5 Å². The van der Waals surface area contributed by atoms with Crippen LogP contribution in [0.2, 0.25) is 0 Å². The number of halogens is 1. The second kappa shape index (κ2) is 10.1. The molecule has 35 heavy (non-hydrogen) atoms. The molecular formula is C24H22FN3O6S. The predicted octanol–water partition coefficient (Wildman–Crippen LogP) is 1.93. The Hall–Kier alpha value is -3.99. The van der Waals surface area contributed by atoms with Gasteiger partial charge in [-0.15, -0.1) is 0 Å². The molecule has 0 radical (unpaired) electrons. The first-order valence-electron chi connectivity index (χ1n) is 10.7. The summed E-state index contributed by atoms with van der Waals surface area (Å²) < 4.78 is 44.8. The lowest BCUT2D eigenvalue weighted by molar-refractivity contribution is -0.132. The smallest absolute Gasteiger partial charge is 0.288 e. The van der Waals surface area contributed by atoms with Gasteiger partial charge in [0, 0.05) is 31.7 Å². The highest BCUT2D eigenvalue weighted by atomic mass is 32.2. The second-order valence-corrected chi connectivity index (χ2v) is 9.85.